The highest BCUT2D eigenvalue weighted by atomic mass is 16.2. The van der Waals surface area contributed by atoms with Gasteiger partial charge in [0, 0.05) is 31.0 Å². The third-order valence-corrected chi connectivity index (χ3v) is 6.36. The number of benzene rings is 1. The molecule has 27 heavy (non-hydrogen) atoms. The van der Waals surface area contributed by atoms with Crippen LogP contribution in [0.2, 0.25) is 0 Å². The molecule has 0 saturated carbocycles. The first-order valence-corrected chi connectivity index (χ1v) is 9.77. The summed E-state index contributed by atoms with van der Waals surface area (Å²) in [5.41, 5.74) is 7.90. The van der Waals surface area contributed by atoms with E-state index in [-0.39, 0.29) is 11.4 Å². The van der Waals surface area contributed by atoms with Crippen LogP contribution >= 0.6 is 0 Å². The highest BCUT2D eigenvalue weighted by molar-refractivity contribution is 5.99. The van der Waals surface area contributed by atoms with Gasteiger partial charge < -0.3 is 14.6 Å². The monoisotopic (exact) mass is 358 g/mol. The summed E-state index contributed by atoms with van der Waals surface area (Å²) in [6, 6.07) is 8.75. The van der Waals surface area contributed by atoms with E-state index in [0.29, 0.717) is 0 Å². The SMILES string of the molecule is Cc1cn2cc(C(=O)N3CC3)c3c(c2n1)NC1(CC3)Cc2ccccc2C1. The maximum absolute atomic E-state index is 12.9. The summed E-state index contributed by atoms with van der Waals surface area (Å²) in [4.78, 5) is 19.6. The van der Waals surface area contributed by atoms with Gasteiger partial charge in [0.2, 0.25) is 0 Å². The number of nitrogens with zero attached hydrogens (tertiary/aromatic N) is 3. The summed E-state index contributed by atoms with van der Waals surface area (Å²) in [7, 11) is 0. The molecule has 3 aliphatic rings. The number of hydrogen-bond acceptors (Lipinski definition) is 3. The van der Waals surface area contributed by atoms with Crippen LogP contribution in [0.4, 0.5) is 5.69 Å². The first-order chi connectivity index (χ1) is 13.1. The summed E-state index contributed by atoms with van der Waals surface area (Å²) in [6.07, 6.45) is 8.05. The number of fused-ring (bicyclic) bond motifs is 4. The van der Waals surface area contributed by atoms with E-state index in [1.165, 1.54) is 11.1 Å². The Labute approximate surface area is 158 Å². The Bertz CT molecular complexity index is 1080. The Hall–Kier alpha value is -2.82. The van der Waals surface area contributed by atoms with Crippen molar-refractivity contribution in [1.29, 1.82) is 0 Å². The molecule has 0 bridgehead atoms. The molecule has 6 rings (SSSR count). The first kappa shape index (κ1) is 15.3. The minimum atomic E-state index is 0.0402. The second-order valence-electron chi connectivity index (χ2n) is 8.33. The molecule has 5 heteroatoms. The Morgan fingerprint density at radius 2 is 1.89 bits per heavy atom. The highest BCUT2D eigenvalue weighted by Gasteiger charge is 2.42. The van der Waals surface area contributed by atoms with Gasteiger partial charge in [0.1, 0.15) is 0 Å². The van der Waals surface area contributed by atoms with Gasteiger partial charge in [-0.05, 0) is 49.3 Å². The number of carbonyl (C=O) groups is 1. The molecule has 4 heterocycles. The Morgan fingerprint density at radius 1 is 1.15 bits per heavy atom. The third-order valence-electron chi connectivity index (χ3n) is 6.36. The number of pyridine rings is 1. The van der Waals surface area contributed by atoms with Crippen LogP contribution in [0.1, 0.15) is 39.2 Å². The summed E-state index contributed by atoms with van der Waals surface area (Å²) in [5, 5.41) is 3.88. The van der Waals surface area contributed by atoms with Gasteiger partial charge in [0.15, 0.2) is 5.65 Å². The van der Waals surface area contributed by atoms with Crippen molar-refractivity contribution in [1.82, 2.24) is 14.3 Å². The van der Waals surface area contributed by atoms with Gasteiger partial charge in [-0.2, -0.15) is 0 Å². The van der Waals surface area contributed by atoms with Crippen molar-refractivity contribution in [2.75, 3.05) is 18.4 Å². The maximum Gasteiger partial charge on any atom is 0.255 e. The van der Waals surface area contributed by atoms with E-state index >= 15 is 0 Å². The van der Waals surface area contributed by atoms with Gasteiger partial charge >= 0.3 is 0 Å². The van der Waals surface area contributed by atoms with Crippen molar-refractivity contribution in [2.24, 2.45) is 0 Å². The highest BCUT2D eigenvalue weighted by Crippen LogP contribution is 2.43. The largest absolute Gasteiger partial charge is 0.376 e. The predicted molar refractivity (Wildman–Crippen MR) is 104 cm³/mol. The number of rotatable bonds is 1. The Balaban J connectivity index is 1.49. The van der Waals surface area contributed by atoms with Crippen LogP contribution in [-0.4, -0.2) is 38.8 Å². The van der Waals surface area contributed by atoms with E-state index in [0.717, 1.165) is 66.9 Å². The second kappa shape index (κ2) is 5.12. The molecule has 1 saturated heterocycles. The number of amides is 1. The van der Waals surface area contributed by atoms with Gasteiger partial charge in [-0.3, -0.25) is 4.79 Å². The number of carbonyl (C=O) groups excluding carboxylic acids is 1. The number of imidazole rings is 1. The van der Waals surface area contributed by atoms with Crippen LogP contribution in [0.15, 0.2) is 36.7 Å². The predicted octanol–water partition coefficient (Wildman–Crippen LogP) is 2.99. The number of hydrogen-bond donors (Lipinski definition) is 1. The zero-order valence-electron chi connectivity index (χ0n) is 15.5. The van der Waals surface area contributed by atoms with Crippen molar-refractivity contribution in [3.05, 3.63) is 64.6 Å². The minimum Gasteiger partial charge on any atom is -0.376 e. The fraction of sp³-hybridized carbons (Fsp3) is 0.364. The molecule has 1 N–H and O–H groups in total. The van der Waals surface area contributed by atoms with Crippen LogP contribution in [0.5, 0.6) is 0 Å². The Morgan fingerprint density at radius 3 is 2.59 bits per heavy atom. The fourth-order valence-corrected chi connectivity index (χ4v) is 4.94. The zero-order valence-corrected chi connectivity index (χ0v) is 15.5. The molecule has 0 atom stereocenters. The van der Waals surface area contributed by atoms with E-state index in [4.69, 9.17) is 4.98 Å². The van der Waals surface area contributed by atoms with Crippen molar-refractivity contribution < 1.29 is 4.79 Å². The van der Waals surface area contributed by atoms with E-state index in [1.54, 1.807) is 0 Å². The summed E-state index contributed by atoms with van der Waals surface area (Å²) < 4.78 is 2.03. The molecule has 3 aromatic rings. The maximum atomic E-state index is 12.9. The number of anilines is 1. The van der Waals surface area contributed by atoms with Crippen LogP contribution in [0, 0.1) is 6.92 Å². The van der Waals surface area contributed by atoms with Crippen molar-refractivity contribution in [3.63, 3.8) is 0 Å². The molecular weight excluding hydrogens is 336 g/mol. The molecule has 1 fully saturated rings. The molecule has 1 spiro atoms. The quantitative estimate of drug-likeness (QED) is 0.681. The first-order valence-electron chi connectivity index (χ1n) is 9.77. The molecule has 0 radical (unpaired) electrons. The molecule has 2 aromatic heterocycles. The van der Waals surface area contributed by atoms with Crippen molar-refractivity contribution in [2.45, 2.75) is 38.1 Å². The third kappa shape index (κ3) is 2.24. The van der Waals surface area contributed by atoms with E-state index in [9.17, 15) is 4.79 Å². The number of aromatic nitrogens is 2. The summed E-state index contributed by atoms with van der Waals surface area (Å²) in [5.74, 6) is 0.159. The molecule has 1 aliphatic carbocycles. The number of nitrogens with one attached hydrogen (secondary N) is 1. The van der Waals surface area contributed by atoms with Gasteiger partial charge in [-0.25, -0.2) is 4.98 Å². The van der Waals surface area contributed by atoms with Crippen LogP contribution in [0.3, 0.4) is 0 Å². The second-order valence-corrected chi connectivity index (χ2v) is 8.33. The van der Waals surface area contributed by atoms with Crippen LogP contribution in [-0.2, 0) is 19.3 Å². The molecule has 1 aromatic carbocycles. The smallest absolute Gasteiger partial charge is 0.255 e. The lowest BCUT2D eigenvalue weighted by Crippen LogP contribution is -2.43. The van der Waals surface area contributed by atoms with Gasteiger partial charge in [-0.1, -0.05) is 24.3 Å². The van der Waals surface area contributed by atoms with Gasteiger partial charge in [0.05, 0.1) is 16.9 Å². The topological polar surface area (TPSA) is 49.4 Å². The van der Waals surface area contributed by atoms with E-state index < -0.39 is 0 Å². The van der Waals surface area contributed by atoms with Gasteiger partial charge in [-0.15, -0.1) is 0 Å². The average molecular weight is 358 g/mol. The summed E-state index contributed by atoms with van der Waals surface area (Å²) >= 11 is 0. The van der Waals surface area contributed by atoms with E-state index in [2.05, 4.69) is 29.6 Å². The van der Waals surface area contributed by atoms with Crippen LogP contribution < -0.4 is 5.32 Å². The molecule has 136 valence electrons. The molecule has 2 aliphatic heterocycles. The summed E-state index contributed by atoms with van der Waals surface area (Å²) in [6.45, 7) is 3.76. The van der Waals surface area contributed by atoms with Gasteiger partial charge in [0.25, 0.3) is 5.91 Å². The Kier molecular flexibility index (Phi) is 2.90. The molecular formula is C22H22N4O. The lowest BCUT2D eigenvalue weighted by Gasteiger charge is -2.37. The lowest BCUT2D eigenvalue weighted by atomic mass is 9.82. The lowest BCUT2D eigenvalue weighted by molar-refractivity contribution is 0.0883. The molecule has 5 nitrogen and oxygen atoms in total. The average Bonchev–Trinajstić information content (AvgIpc) is 3.35. The van der Waals surface area contributed by atoms with Crippen molar-refractivity contribution >= 4 is 17.2 Å². The normalized spacial score (nSPS) is 19.1. The van der Waals surface area contributed by atoms with E-state index in [1.807, 2.05) is 28.6 Å². The number of aryl methyl sites for hydroxylation is 1. The molecule has 0 unspecified atom stereocenters. The minimum absolute atomic E-state index is 0.0402. The van der Waals surface area contributed by atoms with Crippen LogP contribution in [0.25, 0.3) is 5.65 Å². The zero-order chi connectivity index (χ0) is 18.2. The standard InChI is InChI=1S/C22H22N4O/c1-14-12-26-13-18(21(27)25-8-9-25)17-6-7-22(24-19(17)20(26)23-14)10-15-4-2-3-5-16(15)11-22/h2-5,12-13,24H,6-11H2,1H3. The fourth-order valence-electron chi connectivity index (χ4n) is 4.94. The molecule has 1 amide bonds. The van der Waals surface area contributed by atoms with Crippen molar-refractivity contribution in [3.8, 4) is 0 Å².